The van der Waals surface area contributed by atoms with Crippen molar-refractivity contribution in [3.63, 3.8) is 0 Å². The van der Waals surface area contributed by atoms with Gasteiger partial charge in [-0.15, -0.1) is 0 Å². The molecule has 0 aliphatic carbocycles. The Hall–Kier alpha value is -3.59. The monoisotopic (exact) mass is 516 g/mol. The Morgan fingerprint density at radius 1 is 0.842 bits per heavy atom. The van der Waals surface area contributed by atoms with Gasteiger partial charge in [0.1, 0.15) is 17.4 Å². The molecule has 0 aliphatic heterocycles. The first-order valence-corrected chi connectivity index (χ1v) is 14.1. The van der Waals surface area contributed by atoms with E-state index in [1.54, 1.807) is 42.5 Å². The maximum atomic E-state index is 12.6. The van der Waals surface area contributed by atoms with Crippen molar-refractivity contribution < 1.29 is 13.9 Å². The molecule has 0 fully saturated rings. The maximum Gasteiger partial charge on any atom is 0.255 e. The van der Waals surface area contributed by atoms with Crippen molar-refractivity contribution in [1.82, 2.24) is 0 Å². The second kappa shape index (κ2) is 16.3. The summed E-state index contributed by atoms with van der Waals surface area (Å²) in [6.45, 7) is 2.94. The van der Waals surface area contributed by atoms with E-state index in [0.717, 1.165) is 18.2 Å². The molecule has 0 radical (unpaired) electrons. The fourth-order valence-electron chi connectivity index (χ4n) is 4.50. The van der Waals surface area contributed by atoms with Crippen LogP contribution in [0.2, 0.25) is 0 Å². The van der Waals surface area contributed by atoms with Crippen LogP contribution in [0.15, 0.2) is 57.7 Å². The highest BCUT2D eigenvalue weighted by Crippen LogP contribution is 2.20. The Labute approximate surface area is 226 Å². The zero-order valence-electron chi connectivity index (χ0n) is 22.6. The topological polar surface area (TPSA) is 92.3 Å². The van der Waals surface area contributed by atoms with Crippen LogP contribution in [-0.4, -0.2) is 12.5 Å². The maximum absolute atomic E-state index is 12.6. The van der Waals surface area contributed by atoms with Gasteiger partial charge in [0.15, 0.2) is 5.43 Å². The van der Waals surface area contributed by atoms with Crippen LogP contribution in [-0.2, 0) is 0 Å². The van der Waals surface area contributed by atoms with Crippen molar-refractivity contribution in [3.8, 4) is 11.8 Å². The Morgan fingerprint density at radius 3 is 2.05 bits per heavy atom. The smallest absolute Gasteiger partial charge is 0.255 e. The minimum Gasteiger partial charge on any atom is -0.494 e. The van der Waals surface area contributed by atoms with Gasteiger partial charge in [0, 0.05) is 17.3 Å². The van der Waals surface area contributed by atoms with Crippen molar-refractivity contribution in [3.05, 3.63) is 70.1 Å². The molecule has 6 nitrogen and oxygen atoms in total. The summed E-state index contributed by atoms with van der Waals surface area (Å²) in [4.78, 5) is 24.9. The van der Waals surface area contributed by atoms with Gasteiger partial charge in [-0.3, -0.25) is 9.59 Å². The number of fused-ring (bicyclic) bond motifs is 1. The number of amides is 1. The highest BCUT2D eigenvalue weighted by Gasteiger charge is 2.10. The standard InChI is InChI=1S/C32H40N2O4/c1-2-3-4-5-6-7-8-9-10-11-12-13-14-21-37-27-18-15-25(16-19-27)32(36)34-26-17-20-31-29(22-26)30(35)23-28(24-33)38-31/h15-20,22-23H,2-14,21H2,1H3,(H,34,36). The number of benzene rings is 2. The molecule has 1 N–H and O–H groups in total. The fourth-order valence-corrected chi connectivity index (χ4v) is 4.50. The van der Waals surface area contributed by atoms with Gasteiger partial charge >= 0.3 is 0 Å². The van der Waals surface area contributed by atoms with Crippen molar-refractivity contribution in [2.75, 3.05) is 11.9 Å². The Kier molecular flexibility index (Phi) is 12.4. The summed E-state index contributed by atoms with van der Waals surface area (Å²) in [5.41, 5.74) is 0.938. The SMILES string of the molecule is CCCCCCCCCCCCCCCOc1ccc(C(=O)Nc2ccc3oc(C#N)cc(=O)c3c2)cc1. The molecular formula is C32H40N2O4. The summed E-state index contributed by atoms with van der Waals surface area (Å²) in [5.74, 6) is 0.415. The molecule has 1 aromatic heterocycles. The largest absolute Gasteiger partial charge is 0.494 e. The number of ether oxygens (including phenoxy) is 1. The van der Waals surface area contributed by atoms with E-state index in [1.165, 1.54) is 77.0 Å². The summed E-state index contributed by atoms with van der Waals surface area (Å²) < 4.78 is 11.2. The molecule has 0 saturated carbocycles. The molecule has 38 heavy (non-hydrogen) atoms. The van der Waals surface area contributed by atoms with Gasteiger partial charge in [-0.2, -0.15) is 5.26 Å². The zero-order valence-corrected chi connectivity index (χ0v) is 22.6. The molecule has 0 spiro atoms. The number of rotatable bonds is 17. The van der Waals surface area contributed by atoms with Crippen LogP contribution in [0.25, 0.3) is 11.0 Å². The van der Waals surface area contributed by atoms with Crippen LogP contribution in [0.3, 0.4) is 0 Å². The fraction of sp³-hybridized carbons (Fsp3) is 0.469. The molecule has 202 valence electrons. The van der Waals surface area contributed by atoms with Crippen LogP contribution in [0.4, 0.5) is 5.69 Å². The molecule has 2 aromatic carbocycles. The van der Waals surface area contributed by atoms with Gasteiger partial charge in [0.05, 0.1) is 12.0 Å². The lowest BCUT2D eigenvalue weighted by Gasteiger charge is -2.09. The number of nitriles is 1. The highest BCUT2D eigenvalue weighted by atomic mass is 16.5. The molecule has 6 heteroatoms. The minimum absolute atomic E-state index is 0.0457. The third kappa shape index (κ3) is 9.70. The molecule has 0 saturated heterocycles. The van der Waals surface area contributed by atoms with Crippen LogP contribution in [0, 0.1) is 11.3 Å². The molecule has 1 heterocycles. The summed E-state index contributed by atoms with van der Waals surface area (Å²) in [6, 6.07) is 14.8. The first-order valence-electron chi connectivity index (χ1n) is 14.1. The third-order valence-corrected chi connectivity index (χ3v) is 6.73. The van der Waals surface area contributed by atoms with E-state index < -0.39 is 0 Å². The van der Waals surface area contributed by atoms with E-state index in [4.69, 9.17) is 14.4 Å². The number of carbonyl (C=O) groups excluding carboxylic acids is 1. The Bertz CT molecular complexity index is 1240. The van der Waals surface area contributed by atoms with Gasteiger partial charge in [-0.25, -0.2) is 0 Å². The zero-order chi connectivity index (χ0) is 27.0. The lowest BCUT2D eigenvalue weighted by molar-refractivity contribution is 0.102. The van der Waals surface area contributed by atoms with Crippen LogP contribution in [0.5, 0.6) is 5.75 Å². The first kappa shape index (κ1) is 29.0. The van der Waals surface area contributed by atoms with Crippen molar-refractivity contribution in [1.29, 1.82) is 5.26 Å². The number of anilines is 1. The number of carbonyl (C=O) groups is 1. The van der Waals surface area contributed by atoms with E-state index in [9.17, 15) is 9.59 Å². The van der Waals surface area contributed by atoms with Crippen LogP contribution in [0.1, 0.15) is 107 Å². The van der Waals surface area contributed by atoms with Crippen LogP contribution >= 0.6 is 0 Å². The Balaban J connectivity index is 1.30. The summed E-state index contributed by atoms with van der Waals surface area (Å²) in [7, 11) is 0. The third-order valence-electron chi connectivity index (χ3n) is 6.73. The lowest BCUT2D eigenvalue weighted by atomic mass is 10.0. The first-order chi connectivity index (χ1) is 18.6. The van der Waals surface area contributed by atoms with E-state index in [0.29, 0.717) is 28.8 Å². The van der Waals surface area contributed by atoms with Crippen molar-refractivity contribution in [2.24, 2.45) is 0 Å². The molecule has 0 unspecified atom stereocenters. The number of nitrogens with one attached hydrogen (secondary N) is 1. The van der Waals surface area contributed by atoms with Crippen molar-refractivity contribution >= 4 is 22.6 Å². The van der Waals surface area contributed by atoms with Crippen molar-refractivity contribution in [2.45, 2.75) is 90.4 Å². The minimum atomic E-state index is -0.330. The average molecular weight is 517 g/mol. The molecule has 0 atom stereocenters. The molecule has 0 bridgehead atoms. The summed E-state index contributed by atoms with van der Waals surface area (Å²) in [6.07, 6.45) is 17.2. The molecule has 3 rings (SSSR count). The quantitative estimate of drug-likeness (QED) is 0.182. The second-order valence-electron chi connectivity index (χ2n) is 9.87. The molecule has 0 aliphatic rings. The van der Waals surface area contributed by atoms with Gasteiger partial charge in [-0.1, -0.05) is 84.0 Å². The van der Waals surface area contributed by atoms with Gasteiger partial charge < -0.3 is 14.5 Å². The predicted molar refractivity (Wildman–Crippen MR) is 153 cm³/mol. The molecule has 1 amide bonds. The number of nitrogens with zero attached hydrogens (tertiary/aromatic N) is 1. The number of hydrogen-bond acceptors (Lipinski definition) is 5. The molecule has 3 aromatic rings. The van der Waals surface area contributed by atoms with E-state index in [1.807, 2.05) is 6.07 Å². The van der Waals surface area contributed by atoms with Gasteiger partial charge in [-0.05, 0) is 48.9 Å². The number of unbranched alkanes of at least 4 members (excludes halogenated alkanes) is 12. The summed E-state index contributed by atoms with van der Waals surface area (Å²) >= 11 is 0. The average Bonchev–Trinajstić information content (AvgIpc) is 2.93. The normalized spacial score (nSPS) is 10.8. The highest BCUT2D eigenvalue weighted by molar-refractivity contribution is 6.05. The van der Waals surface area contributed by atoms with Gasteiger partial charge in [0.25, 0.3) is 5.91 Å². The predicted octanol–water partition coefficient (Wildman–Crippen LogP) is 8.39. The molecular weight excluding hydrogens is 476 g/mol. The lowest BCUT2D eigenvalue weighted by Crippen LogP contribution is -2.12. The number of hydrogen-bond donors (Lipinski definition) is 1. The second-order valence-corrected chi connectivity index (χ2v) is 9.87. The Morgan fingerprint density at radius 2 is 1.45 bits per heavy atom. The van der Waals surface area contributed by atoms with E-state index in [-0.39, 0.29) is 17.1 Å². The summed E-state index contributed by atoms with van der Waals surface area (Å²) in [5, 5.41) is 12.0. The van der Waals surface area contributed by atoms with E-state index >= 15 is 0 Å². The van der Waals surface area contributed by atoms with E-state index in [2.05, 4.69) is 12.2 Å². The van der Waals surface area contributed by atoms with Gasteiger partial charge in [0.2, 0.25) is 5.76 Å². The van der Waals surface area contributed by atoms with Crippen LogP contribution < -0.4 is 15.5 Å².